The molecule has 0 aromatic carbocycles. The minimum absolute atomic E-state index is 0.592. The zero-order valence-electron chi connectivity index (χ0n) is 8.59. The summed E-state index contributed by atoms with van der Waals surface area (Å²) >= 11 is 0. The average Bonchev–Trinajstić information content (AvgIpc) is 2.04. The van der Waals surface area contributed by atoms with Crippen molar-refractivity contribution in [1.29, 1.82) is 0 Å². The van der Waals surface area contributed by atoms with E-state index in [4.69, 9.17) is 0 Å². The highest BCUT2D eigenvalue weighted by molar-refractivity contribution is 4.93. The predicted octanol–water partition coefficient (Wildman–Crippen LogP) is 2.85. The summed E-state index contributed by atoms with van der Waals surface area (Å²) in [4.78, 5) is 2.24. The van der Waals surface area contributed by atoms with Gasteiger partial charge in [-0.1, -0.05) is 25.2 Å². The van der Waals surface area contributed by atoms with Crippen LogP contribution in [0.5, 0.6) is 0 Å². The molecule has 12 heavy (non-hydrogen) atoms. The highest BCUT2D eigenvalue weighted by Crippen LogP contribution is 2.02. The van der Waals surface area contributed by atoms with Crippen LogP contribution in [-0.2, 0) is 0 Å². The summed E-state index contributed by atoms with van der Waals surface area (Å²) in [5.41, 5.74) is 0. The molecule has 0 aliphatic rings. The molecule has 0 rings (SSSR count). The van der Waals surface area contributed by atoms with Gasteiger partial charge >= 0.3 is 0 Å². The van der Waals surface area contributed by atoms with Crippen molar-refractivity contribution >= 4 is 0 Å². The summed E-state index contributed by atoms with van der Waals surface area (Å²) in [6.07, 6.45) is 9.87. The van der Waals surface area contributed by atoms with Crippen LogP contribution in [0.15, 0.2) is 24.8 Å². The number of hydrogen-bond acceptors (Lipinski definition) is 1. The smallest absolute Gasteiger partial charge is 0.0269 e. The normalized spacial score (nSPS) is 14.0. The Kier molecular flexibility index (Phi) is 6.78. The SMILES string of the molecule is C=CCCC=CC(CC)N(C)C. The molecule has 0 saturated heterocycles. The van der Waals surface area contributed by atoms with Gasteiger partial charge in [0.25, 0.3) is 0 Å². The minimum atomic E-state index is 0.592. The summed E-state index contributed by atoms with van der Waals surface area (Å²) in [6.45, 7) is 5.90. The van der Waals surface area contributed by atoms with Gasteiger partial charge in [-0.3, -0.25) is 0 Å². The second-order valence-electron chi connectivity index (χ2n) is 3.23. The van der Waals surface area contributed by atoms with Crippen LogP contribution >= 0.6 is 0 Å². The molecular formula is C11H21N. The number of unbranched alkanes of at least 4 members (excludes halogenated alkanes) is 1. The van der Waals surface area contributed by atoms with Crippen LogP contribution in [-0.4, -0.2) is 25.0 Å². The van der Waals surface area contributed by atoms with Crippen LogP contribution in [0, 0.1) is 0 Å². The van der Waals surface area contributed by atoms with Gasteiger partial charge in [-0.2, -0.15) is 0 Å². The third-order valence-corrected chi connectivity index (χ3v) is 1.98. The van der Waals surface area contributed by atoms with E-state index in [0.717, 1.165) is 12.8 Å². The van der Waals surface area contributed by atoms with Crippen molar-refractivity contribution in [2.45, 2.75) is 32.2 Å². The van der Waals surface area contributed by atoms with Crippen molar-refractivity contribution in [3.05, 3.63) is 24.8 Å². The van der Waals surface area contributed by atoms with Crippen molar-refractivity contribution < 1.29 is 0 Å². The van der Waals surface area contributed by atoms with Crippen LogP contribution < -0.4 is 0 Å². The number of hydrogen-bond donors (Lipinski definition) is 0. The third-order valence-electron chi connectivity index (χ3n) is 1.98. The molecule has 0 aliphatic heterocycles. The molecular weight excluding hydrogens is 146 g/mol. The van der Waals surface area contributed by atoms with Gasteiger partial charge in [0.15, 0.2) is 0 Å². The molecule has 1 atom stereocenters. The average molecular weight is 167 g/mol. The molecule has 0 amide bonds. The monoisotopic (exact) mass is 167 g/mol. The molecule has 1 nitrogen and oxygen atoms in total. The lowest BCUT2D eigenvalue weighted by molar-refractivity contribution is 0.335. The third kappa shape index (κ3) is 5.14. The van der Waals surface area contributed by atoms with Crippen molar-refractivity contribution in [2.75, 3.05) is 14.1 Å². The Labute approximate surface area is 76.8 Å². The first kappa shape index (κ1) is 11.4. The number of allylic oxidation sites excluding steroid dienone is 2. The van der Waals surface area contributed by atoms with Gasteiger partial charge in [-0.05, 0) is 33.4 Å². The molecule has 0 aromatic rings. The molecule has 70 valence electrons. The van der Waals surface area contributed by atoms with E-state index in [2.05, 4.69) is 44.6 Å². The molecule has 0 spiro atoms. The number of likely N-dealkylation sites (N-methyl/N-ethyl adjacent to an activating group) is 1. The van der Waals surface area contributed by atoms with Crippen LogP contribution in [0.4, 0.5) is 0 Å². The summed E-state index contributed by atoms with van der Waals surface area (Å²) < 4.78 is 0. The lowest BCUT2D eigenvalue weighted by atomic mass is 10.1. The zero-order chi connectivity index (χ0) is 9.40. The van der Waals surface area contributed by atoms with Gasteiger partial charge in [0, 0.05) is 6.04 Å². The molecule has 1 unspecified atom stereocenters. The summed E-state index contributed by atoms with van der Waals surface area (Å²) in [6, 6.07) is 0.592. The van der Waals surface area contributed by atoms with Crippen molar-refractivity contribution in [1.82, 2.24) is 4.90 Å². The van der Waals surface area contributed by atoms with Gasteiger partial charge < -0.3 is 4.90 Å². The van der Waals surface area contributed by atoms with Gasteiger partial charge in [0.1, 0.15) is 0 Å². The van der Waals surface area contributed by atoms with E-state index in [1.807, 2.05) is 6.08 Å². The topological polar surface area (TPSA) is 3.24 Å². The van der Waals surface area contributed by atoms with Crippen LogP contribution in [0.1, 0.15) is 26.2 Å². The predicted molar refractivity (Wildman–Crippen MR) is 56.3 cm³/mol. The molecule has 0 fully saturated rings. The Bertz CT molecular complexity index is 136. The van der Waals surface area contributed by atoms with E-state index in [1.54, 1.807) is 0 Å². The van der Waals surface area contributed by atoms with Gasteiger partial charge in [0.05, 0.1) is 0 Å². The second kappa shape index (κ2) is 7.11. The highest BCUT2D eigenvalue weighted by atomic mass is 15.1. The standard InChI is InChI=1S/C11H21N/c1-5-7-8-9-10-11(6-2)12(3)4/h5,9-11H,1,6-8H2,2-4H3. The van der Waals surface area contributed by atoms with Crippen LogP contribution in [0.3, 0.4) is 0 Å². The van der Waals surface area contributed by atoms with Crippen molar-refractivity contribution in [2.24, 2.45) is 0 Å². The Balaban J connectivity index is 3.68. The highest BCUT2D eigenvalue weighted by Gasteiger charge is 2.01. The van der Waals surface area contributed by atoms with Crippen molar-refractivity contribution in [3.63, 3.8) is 0 Å². The number of rotatable bonds is 6. The van der Waals surface area contributed by atoms with E-state index in [1.165, 1.54) is 6.42 Å². The van der Waals surface area contributed by atoms with Crippen LogP contribution in [0.25, 0.3) is 0 Å². The largest absolute Gasteiger partial charge is 0.303 e. The molecule has 0 aromatic heterocycles. The maximum absolute atomic E-state index is 3.69. The molecule has 0 saturated carbocycles. The van der Waals surface area contributed by atoms with E-state index < -0.39 is 0 Å². The van der Waals surface area contributed by atoms with Gasteiger partial charge in [0.2, 0.25) is 0 Å². The number of nitrogens with zero attached hydrogens (tertiary/aromatic N) is 1. The maximum atomic E-state index is 3.69. The summed E-state index contributed by atoms with van der Waals surface area (Å²) in [7, 11) is 4.23. The Morgan fingerprint density at radius 3 is 2.42 bits per heavy atom. The van der Waals surface area contributed by atoms with E-state index in [-0.39, 0.29) is 0 Å². The van der Waals surface area contributed by atoms with E-state index in [9.17, 15) is 0 Å². The Morgan fingerprint density at radius 1 is 1.33 bits per heavy atom. The van der Waals surface area contributed by atoms with Crippen LogP contribution in [0.2, 0.25) is 0 Å². The molecule has 1 heteroatoms. The lowest BCUT2D eigenvalue weighted by Gasteiger charge is -2.18. The van der Waals surface area contributed by atoms with Crippen molar-refractivity contribution in [3.8, 4) is 0 Å². The van der Waals surface area contributed by atoms with Gasteiger partial charge in [-0.25, -0.2) is 0 Å². The van der Waals surface area contributed by atoms with E-state index in [0.29, 0.717) is 6.04 Å². The lowest BCUT2D eigenvalue weighted by Crippen LogP contribution is -2.24. The molecule has 0 aliphatic carbocycles. The molecule has 0 bridgehead atoms. The van der Waals surface area contributed by atoms with Gasteiger partial charge in [-0.15, -0.1) is 6.58 Å². The quantitative estimate of drug-likeness (QED) is 0.434. The second-order valence-corrected chi connectivity index (χ2v) is 3.23. The van der Waals surface area contributed by atoms with E-state index >= 15 is 0 Å². The first-order valence-electron chi connectivity index (χ1n) is 4.66. The molecule has 0 N–H and O–H groups in total. The maximum Gasteiger partial charge on any atom is 0.0269 e. The first-order valence-corrected chi connectivity index (χ1v) is 4.66. The Morgan fingerprint density at radius 2 is 2.00 bits per heavy atom. The first-order chi connectivity index (χ1) is 5.72. The fourth-order valence-electron chi connectivity index (χ4n) is 1.14. The molecule has 0 heterocycles. The zero-order valence-corrected chi connectivity index (χ0v) is 8.59. The fraction of sp³-hybridized carbons (Fsp3) is 0.636. The Hall–Kier alpha value is -0.560. The molecule has 0 radical (unpaired) electrons. The minimum Gasteiger partial charge on any atom is -0.303 e. The summed E-state index contributed by atoms with van der Waals surface area (Å²) in [5.74, 6) is 0. The summed E-state index contributed by atoms with van der Waals surface area (Å²) in [5, 5.41) is 0. The fourth-order valence-corrected chi connectivity index (χ4v) is 1.14.